The van der Waals surface area contributed by atoms with E-state index >= 15 is 0 Å². The number of nitrogens with one attached hydrogen (secondary N) is 1. The van der Waals surface area contributed by atoms with E-state index in [0.29, 0.717) is 0 Å². The van der Waals surface area contributed by atoms with Gasteiger partial charge in [0, 0.05) is 65.0 Å². The average molecular weight is 1370 g/mol. The highest BCUT2D eigenvalue weighted by Gasteiger charge is 2.40. The largest absolute Gasteiger partial charge is 0.456 e. The van der Waals surface area contributed by atoms with Crippen molar-refractivity contribution in [1.29, 1.82) is 0 Å². The van der Waals surface area contributed by atoms with Crippen LogP contribution in [0.25, 0.3) is 111 Å². The highest BCUT2D eigenvalue weighted by Crippen LogP contribution is 2.56. The van der Waals surface area contributed by atoms with Gasteiger partial charge in [-0.25, -0.2) is 0 Å². The maximum atomic E-state index is 6.73. The van der Waals surface area contributed by atoms with Crippen molar-refractivity contribution in [2.75, 3.05) is 10.2 Å². The molecule has 488 valence electrons. The van der Waals surface area contributed by atoms with Crippen LogP contribution in [-0.2, 0) is 21.7 Å². The molecule has 0 aliphatic heterocycles. The van der Waals surface area contributed by atoms with E-state index in [1.807, 2.05) is 18.2 Å². The molecular weight excluding hydrogens is 1290 g/mol. The molecule has 0 radical (unpaired) electrons. The quantitative estimate of drug-likeness (QED) is 0.173. The number of furan rings is 2. The van der Waals surface area contributed by atoms with E-state index in [4.69, 9.17) is 8.83 Å². The van der Waals surface area contributed by atoms with Crippen LogP contribution in [0.2, 0.25) is 0 Å². The molecule has 2 heterocycles. The van der Waals surface area contributed by atoms with E-state index in [9.17, 15) is 0 Å². The average Bonchev–Trinajstić information content (AvgIpc) is 1.66. The highest BCUT2D eigenvalue weighted by atomic mass is 79.9. The lowest BCUT2D eigenvalue weighted by atomic mass is 9.82. The van der Waals surface area contributed by atoms with Crippen molar-refractivity contribution in [2.45, 2.75) is 77.0 Å². The summed E-state index contributed by atoms with van der Waals surface area (Å²) < 4.78 is 13.9. The second-order valence-corrected chi connectivity index (χ2v) is 30.6. The van der Waals surface area contributed by atoms with Crippen LogP contribution < -0.4 is 10.2 Å². The Bertz CT molecular complexity index is 5990. The number of anilines is 5. The summed E-state index contributed by atoms with van der Waals surface area (Å²) in [6.45, 7) is 18.6. The molecule has 0 bridgehead atoms. The lowest BCUT2D eigenvalue weighted by Crippen LogP contribution is -2.16. The highest BCUT2D eigenvalue weighted by molar-refractivity contribution is 9.10. The third kappa shape index (κ3) is 9.98. The van der Waals surface area contributed by atoms with Crippen LogP contribution in [0.3, 0.4) is 0 Å². The summed E-state index contributed by atoms with van der Waals surface area (Å²) in [5.74, 6) is 0. The SMILES string of the molecule is CC1(C)c2ccccc2-c2cc3c(cc21)oc1cccc(Br)c13.CC1(C)c2ccccc2-c2ccc(N(c3ccc(-c4ccccc4)cc3)c3cccc4oc5cc6c(cc5c34)-c3ccccc3C6(C)C)cc21.CC1(C)c2ccccc2-c2ccc(Nc3ccc(-c4ccccc4)cc3)cc21. The molecule has 101 heavy (non-hydrogen) atoms. The van der Waals surface area contributed by atoms with Gasteiger partial charge in [0.2, 0.25) is 0 Å². The van der Waals surface area contributed by atoms with Crippen molar-refractivity contribution in [3.05, 3.63) is 352 Å². The van der Waals surface area contributed by atoms with E-state index in [2.05, 4.69) is 367 Å². The fourth-order valence-corrected chi connectivity index (χ4v) is 17.7. The summed E-state index contributed by atoms with van der Waals surface area (Å²) in [5, 5.41) is 8.18. The van der Waals surface area contributed by atoms with Crippen molar-refractivity contribution in [2.24, 2.45) is 0 Å². The number of hydrogen-bond acceptors (Lipinski definition) is 4. The minimum absolute atomic E-state index is 0.0102. The Kier molecular flexibility index (Phi) is 14.4. The van der Waals surface area contributed by atoms with Gasteiger partial charge in [-0.2, -0.15) is 0 Å². The Morgan fingerprint density at radius 3 is 1.14 bits per heavy atom. The molecule has 16 aromatic rings. The van der Waals surface area contributed by atoms with Crippen LogP contribution in [0.1, 0.15) is 99.9 Å². The molecule has 4 aliphatic rings. The Hall–Kier alpha value is -11.2. The minimum atomic E-state index is -0.111. The van der Waals surface area contributed by atoms with Gasteiger partial charge in [0.1, 0.15) is 22.3 Å². The smallest absolute Gasteiger partial charge is 0.137 e. The summed E-state index contributed by atoms with van der Waals surface area (Å²) in [5.41, 5.74) is 35.6. The summed E-state index contributed by atoms with van der Waals surface area (Å²) in [6.07, 6.45) is 0. The summed E-state index contributed by atoms with van der Waals surface area (Å²) in [7, 11) is 0. The zero-order valence-electron chi connectivity index (χ0n) is 58.0. The van der Waals surface area contributed by atoms with Crippen LogP contribution in [0.15, 0.2) is 317 Å². The van der Waals surface area contributed by atoms with Gasteiger partial charge in [-0.3, -0.25) is 0 Å². The zero-order valence-corrected chi connectivity index (χ0v) is 59.6. The van der Waals surface area contributed by atoms with Gasteiger partial charge in [-0.1, -0.05) is 278 Å². The molecule has 14 aromatic carbocycles. The number of halogens is 1. The predicted octanol–water partition coefficient (Wildman–Crippen LogP) is 27.4. The Morgan fingerprint density at radius 2 is 0.634 bits per heavy atom. The monoisotopic (exact) mass is 1370 g/mol. The minimum Gasteiger partial charge on any atom is -0.456 e. The molecule has 0 fully saturated rings. The third-order valence-electron chi connectivity index (χ3n) is 22.5. The molecule has 20 rings (SSSR count). The van der Waals surface area contributed by atoms with Crippen LogP contribution in [0.5, 0.6) is 0 Å². The first-order valence-corrected chi connectivity index (χ1v) is 36.0. The summed E-state index contributed by atoms with van der Waals surface area (Å²) in [6, 6.07) is 109. The lowest BCUT2D eigenvalue weighted by molar-refractivity contribution is 0.647. The molecule has 4 aliphatic carbocycles. The second-order valence-electron chi connectivity index (χ2n) is 29.7. The van der Waals surface area contributed by atoms with E-state index in [-0.39, 0.29) is 21.7 Å². The summed E-state index contributed by atoms with van der Waals surface area (Å²) >= 11 is 3.67. The van der Waals surface area contributed by atoms with Gasteiger partial charge in [0.05, 0.1) is 11.1 Å². The van der Waals surface area contributed by atoms with Crippen LogP contribution in [-0.4, -0.2) is 0 Å². The molecule has 0 saturated heterocycles. The number of nitrogens with zero attached hydrogens (tertiary/aromatic N) is 1. The first kappa shape index (κ1) is 62.0. The van der Waals surface area contributed by atoms with Crippen LogP contribution in [0, 0.1) is 0 Å². The molecule has 1 N–H and O–H groups in total. The van der Waals surface area contributed by atoms with Crippen molar-refractivity contribution >= 4 is 88.2 Å². The Balaban J connectivity index is 0.000000121. The standard InChI is InChI=1S/C48H37NO.C27H23N.C21H15BrO/c1-47(2)39-17-10-8-15-34(39)36-26-25-33(27-41(36)47)49(32-23-21-31(22-24-32)30-13-6-5-7-14-30)43-19-12-20-44-46(43)38-28-37-35-16-9-11-18-40(35)48(3,4)42(37)29-45(38)50-44;1-27(2)25-11-7-6-10-23(25)24-17-16-22(18-26(24)27)28-21-14-12-20(13-15-21)19-8-4-3-5-9-19;1-21(2)15-7-4-3-6-12(15)13-10-14-19(11-16(13)21)23-18-9-5-8-17(22)20(14)18/h5-29H,1-4H3;3-18,28H,1-2H3;3-11H,1-2H3. The fourth-order valence-electron chi connectivity index (χ4n) is 17.2. The van der Waals surface area contributed by atoms with E-state index in [0.717, 1.165) is 71.4 Å². The molecule has 0 unspecified atom stereocenters. The number of benzene rings is 14. The normalized spacial score (nSPS) is 14.5. The molecule has 5 heteroatoms. The van der Waals surface area contributed by atoms with Gasteiger partial charge >= 0.3 is 0 Å². The lowest BCUT2D eigenvalue weighted by Gasteiger charge is -2.29. The first-order chi connectivity index (χ1) is 49.0. The Labute approximate surface area is 599 Å². The maximum absolute atomic E-state index is 6.73. The van der Waals surface area contributed by atoms with Crippen molar-refractivity contribution in [3.8, 4) is 66.8 Å². The van der Waals surface area contributed by atoms with Gasteiger partial charge in [0.25, 0.3) is 0 Å². The van der Waals surface area contributed by atoms with Gasteiger partial charge < -0.3 is 19.1 Å². The molecule has 0 spiro atoms. The number of rotatable bonds is 7. The number of fused-ring (bicyclic) bond motifs is 18. The third-order valence-corrected chi connectivity index (χ3v) is 23.1. The topological polar surface area (TPSA) is 41.6 Å². The van der Waals surface area contributed by atoms with E-state index < -0.39 is 0 Å². The van der Waals surface area contributed by atoms with Gasteiger partial charge in [0.15, 0.2) is 0 Å². The van der Waals surface area contributed by atoms with Gasteiger partial charge in [-0.05, 0) is 208 Å². The summed E-state index contributed by atoms with van der Waals surface area (Å²) in [4.78, 5) is 2.43. The zero-order chi connectivity index (χ0) is 68.7. The number of hydrogen-bond donors (Lipinski definition) is 1. The molecule has 0 amide bonds. The predicted molar refractivity (Wildman–Crippen MR) is 427 cm³/mol. The molecule has 0 saturated carbocycles. The van der Waals surface area contributed by atoms with Crippen LogP contribution >= 0.6 is 15.9 Å². The Morgan fingerprint density at radius 1 is 0.267 bits per heavy atom. The van der Waals surface area contributed by atoms with Crippen LogP contribution in [0.4, 0.5) is 28.4 Å². The maximum Gasteiger partial charge on any atom is 0.137 e. The van der Waals surface area contributed by atoms with E-state index in [1.54, 1.807) is 0 Å². The first-order valence-electron chi connectivity index (χ1n) is 35.2. The van der Waals surface area contributed by atoms with Gasteiger partial charge in [-0.15, -0.1) is 0 Å². The molecular formula is C96H75BrN2O2. The van der Waals surface area contributed by atoms with Crippen molar-refractivity contribution < 1.29 is 8.83 Å². The van der Waals surface area contributed by atoms with Crippen molar-refractivity contribution in [3.63, 3.8) is 0 Å². The molecule has 0 atom stereocenters. The second kappa shape index (κ2) is 23.4. The molecule has 4 nitrogen and oxygen atoms in total. The molecule has 2 aromatic heterocycles. The van der Waals surface area contributed by atoms with Crippen molar-refractivity contribution in [1.82, 2.24) is 0 Å². The fraction of sp³-hybridized carbons (Fsp3) is 0.125. The van der Waals surface area contributed by atoms with E-state index in [1.165, 1.54) is 117 Å².